The van der Waals surface area contributed by atoms with Gasteiger partial charge in [0.15, 0.2) is 0 Å². The average molecular weight is 163 g/mol. The Hall–Kier alpha value is 0.0195. The minimum Gasteiger partial charge on any atom is -0.366 e. The molecule has 2 nitrogen and oxygen atoms in total. The number of rotatable bonds is 1. The second-order valence-electron chi connectivity index (χ2n) is 0.606. The number of carbonyl (C=O) groups is 1. The van der Waals surface area contributed by atoms with Gasteiger partial charge in [-0.1, -0.05) is 6.58 Å². The fourth-order valence-electron chi connectivity index (χ4n) is 0. The standard InChI is InChI=1S/C3H5NO.ClH.Fe/c1-2-3(4)5;;/h2H,1H2,(H2,4,5);1H;. The summed E-state index contributed by atoms with van der Waals surface area (Å²) >= 11 is 0. The van der Waals surface area contributed by atoms with E-state index >= 15 is 0 Å². The topological polar surface area (TPSA) is 43.1 Å². The average Bonchev–Trinajstić information content (AvgIpc) is 1.38. The smallest absolute Gasteiger partial charge is 0.240 e. The molecule has 0 rings (SSSR count). The van der Waals surface area contributed by atoms with E-state index in [1.54, 1.807) is 0 Å². The van der Waals surface area contributed by atoms with Crippen molar-refractivity contribution in [3.63, 3.8) is 0 Å². The molecule has 7 heavy (non-hydrogen) atoms. The van der Waals surface area contributed by atoms with E-state index in [-0.39, 0.29) is 29.5 Å². The second-order valence-corrected chi connectivity index (χ2v) is 0.606. The predicted molar refractivity (Wildman–Crippen MR) is 26.6 cm³/mol. The molecular weight excluding hydrogens is 157 g/mol. The van der Waals surface area contributed by atoms with Gasteiger partial charge in [-0.15, -0.1) is 12.4 Å². The van der Waals surface area contributed by atoms with Crippen molar-refractivity contribution in [2.45, 2.75) is 0 Å². The summed E-state index contributed by atoms with van der Waals surface area (Å²) in [7, 11) is 0. The van der Waals surface area contributed by atoms with E-state index in [0.717, 1.165) is 6.08 Å². The molecule has 0 aliphatic carbocycles. The predicted octanol–water partition coefficient (Wildman–Crippen LogP) is 0.0770. The van der Waals surface area contributed by atoms with Crippen LogP contribution in [-0.2, 0) is 21.9 Å². The van der Waals surface area contributed by atoms with Crippen LogP contribution >= 0.6 is 12.4 Å². The Balaban J connectivity index is -0.0000000800. The van der Waals surface area contributed by atoms with Gasteiger partial charge in [0.1, 0.15) is 0 Å². The monoisotopic (exact) mass is 163 g/mol. The Morgan fingerprint density at radius 3 is 1.86 bits per heavy atom. The van der Waals surface area contributed by atoms with Crippen LogP contribution in [0.3, 0.4) is 0 Å². The quantitative estimate of drug-likeness (QED) is 0.432. The molecule has 0 aromatic rings. The van der Waals surface area contributed by atoms with Crippen molar-refractivity contribution < 1.29 is 21.9 Å². The van der Waals surface area contributed by atoms with Gasteiger partial charge in [0, 0.05) is 17.1 Å². The van der Waals surface area contributed by atoms with Crippen LogP contribution in [0.1, 0.15) is 0 Å². The molecule has 2 N–H and O–H groups in total. The molecule has 4 heteroatoms. The van der Waals surface area contributed by atoms with Crippen LogP contribution in [0.25, 0.3) is 0 Å². The molecule has 0 radical (unpaired) electrons. The molecule has 0 heterocycles. The van der Waals surface area contributed by atoms with Crippen molar-refractivity contribution in [2.24, 2.45) is 5.73 Å². The maximum absolute atomic E-state index is 9.47. The molecule has 0 aromatic carbocycles. The van der Waals surface area contributed by atoms with Gasteiger partial charge in [-0.25, -0.2) is 0 Å². The van der Waals surface area contributed by atoms with E-state index in [0.29, 0.717) is 0 Å². The summed E-state index contributed by atoms with van der Waals surface area (Å²) in [4.78, 5) is 9.47. The second kappa shape index (κ2) is 9.39. The van der Waals surface area contributed by atoms with Gasteiger partial charge >= 0.3 is 0 Å². The molecule has 0 bridgehead atoms. The van der Waals surface area contributed by atoms with E-state index in [2.05, 4.69) is 12.3 Å². The Morgan fingerprint density at radius 2 is 1.86 bits per heavy atom. The van der Waals surface area contributed by atoms with Gasteiger partial charge in [-0.2, -0.15) is 0 Å². The van der Waals surface area contributed by atoms with Gasteiger partial charge in [0.2, 0.25) is 5.91 Å². The molecule has 0 aliphatic heterocycles. The Kier molecular flexibility index (Phi) is 21.1. The van der Waals surface area contributed by atoms with Crippen LogP contribution in [0.2, 0.25) is 0 Å². The van der Waals surface area contributed by atoms with Gasteiger partial charge in [-0.05, 0) is 6.08 Å². The van der Waals surface area contributed by atoms with Gasteiger partial charge in [0.05, 0.1) is 0 Å². The third kappa shape index (κ3) is 23.8. The molecule has 0 saturated carbocycles. The van der Waals surface area contributed by atoms with E-state index in [1.165, 1.54) is 0 Å². The molecule has 0 unspecified atom stereocenters. The number of halogens is 1. The number of carbonyl (C=O) groups excluding carboxylic acids is 1. The third-order valence-electron chi connectivity index (χ3n) is 0.201. The largest absolute Gasteiger partial charge is 0.366 e. The number of primary amides is 1. The molecule has 0 atom stereocenters. The summed E-state index contributed by atoms with van der Waals surface area (Å²) in [5, 5.41) is 0. The summed E-state index contributed by atoms with van der Waals surface area (Å²) in [6.07, 6.45) is 1.06. The summed E-state index contributed by atoms with van der Waals surface area (Å²) in [5.41, 5.74) is 4.53. The minimum atomic E-state index is -0.481. The summed E-state index contributed by atoms with van der Waals surface area (Å²) < 4.78 is 0. The molecule has 0 fully saturated rings. The Morgan fingerprint density at radius 1 is 1.71 bits per heavy atom. The zero-order valence-electron chi connectivity index (χ0n) is 3.53. The summed E-state index contributed by atoms with van der Waals surface area (Å²) in [6.45, 7) is 3.09. The SMILES string of the molecule is C=CC(N)=O.Cl.[Fe]. The molecule has 1 amide bonds. The maximum atomic E-state index is 9.47. The maximum Gasteiger partial charge on any atom is 0.240 e. The van der Waals surface area contributed by atoms with E-state index < -0.39 is 5.91 Å². The molecule has 44 valence electrons. The van der Waals surface area contributed by atoms with Crippen LogP contribution in [0.4, 0.5) is 0 Å². The van der Waals surface area contributed by atoms with E-state index in [1.807, 2.05) is 0 Å². The molecule has 0 aliphatic rings. The van der Waals surface area contributed by atoms with Crippen LogP contribution in [-0.4, -0.2) is 5.91 Å². The molecule has 0 spiro atoms. The Labute approximate surface area is 59.0 Å². The molecule has 0 aromatic heterocycles. The van der Waals surface area contributed by atoms with Gasteiger partial charge in [-0.3, -0.25) is 4.79 Å². The normalized spacial score (nSPS) is 4.57. The summed E-state index contributed by atoms with van der Waals surface area (Å²) in [6, 6.07) is 0. The molecular formula is C3H6ClFeNO. The molecule has 0 saturated heterocycles. The number of nitrogens with two attached hydrogens (primary N) is 1. The van der Waals surface area contributed by atoms with Crippen molar-refractivity contribution in [1.82, 2.24) is 0 Å². The van der Waals surface area contributed by atoms with Gasteiger partial charge in [0.25, 0.3) is 0 Å². The fourth-order valence-corrected chi connectivity index (χ4v) is 0. The van der Waals surface area contributed by atoms with Crippen molar-refractivity contribution >= 4 is 18.3 Å². The first-order valence-electron chi connectivity index (χ1n) is 1.19. The van der Waals surface area contributed by atoms with Gasteiger partial charge < -0.3 is 5.73 Å². The van der Waals surface area contributed by atoms with Crippen molar-refractivity contribution in [3.05, 3.63) is 12.7 Å². The van der Waals surface area contributed by atoms with E-state index in [9.17, 15) is 4.79 Å². The number of hydrogen-bond acceptors (Lipinski definition) is 1. The zero-order chi connectivity index (χ0) is 4.28. The number of amides is 1. The first-order valence-corrected chi connectivity index (χ1v) is 1.19. The van der Waals surface area contributed by atoms with Crippen molar-refractivity contribution in [1.29, 1.82) is 0 Å². The Bertz CT molecular complexity index is 66.0. The number of hydrogen-bond donors (Lipinski definition) is 1. The third-order valence-corrected chi connectivity index (χ3v) is 0.201. The fraction of sp³-hybridized carbons (Fsp3) is 0. The van der Waals surface area contributed by atoms with Crippen LogP contribution < -0.4 is 5.73 Å². The first kappa shape index (κ1) is 15.7. The minimum absolute atomic E-state index is 0. The van der Waals surface area contributed by atoms with E-state index in [4.69, 9.17) is 0 Å². The van der Waals surface area contributed by atoms with Crippen LogP contribution in [0.5, 0.6) is 0 Å². The van der Waals surface area contributed by atoms with Crippen LogP contribution in [0.15, 0.2) is 12.7 Å². The van der Waals surface area contributed by atoms with Crippen molar-refractivity contribution in [3.8, 4) is 0 Å². The zero-order valence-corrected chi connectivity index (χ0v) is 5.45. The van der Waals surface area contributed by atoms with Crippen LogP contribution in [0, 0.1) is 0 Å². The first-order chi connectivity index (χ1) is 2.27. The van der Waals surface area contributed by atoms with Crippen molar-refractivity contribution in [2.75, 3.05) is 0 Å². The summed E-state index contributed by atoms with van der Waals surface area (Å²) in [5.74, 6) is -0.481.